The van der Waals surface area contributed by atoms with Crippen molar-refractivity contribution in [2.24, 2.45) is 5.73 Å². The molecule has 0 radical (unpaired) electrons. The van der Waals surface area contributed by atoms with Crippen LogP contribution in [0.1, 0.15) is 40.0 Å². The lowest BCUT2D eigenvalue weighted by molar-refractivity contribution is 0.0193. The van der Waals surface area contributed by atoms with Crippen LogP contribution in [0.15, 0.2) is 0 Å². The van der Waals surface area contributed by atoms with Crippen molar-refractivity contribution in [3.05, 3.63) is 0 Å². The van der Waals surface area contributed by atoms with Crippen LogP contribution in [0.5, 0.6) is 0 Å². The van der Waals surface area contributed by atoms with Gasteiger partial charge in [0.15, 0.2) is 0 Å². The second-order valence-corrected chi connectivity index (χ2v) is 6.79. The van der Waals surface area contributed by atoms with E-state index in [1.165, 1.54) is 38.9 Å². The molecule has 0 bridgehead atoms. The van der Waals surface area contributed by atoms with Gasteiger partial charge in [0, 0.05) is 31.2 Å². The molecule has 1 fully saturated rings. The van der Waals surface area contributed by atoms with E-state index in [1.807, 2.05) is 0 Å². The van der Waals surface area contributed by atoms with Gasteiger partial charge in [0.25, 0.3) is 0 Å². The van der Waals surface area contributed by atoms with Gasteiger partial charge in [-0.25, -0.2) is 0 Å². The molecule has 1 aliphatic rings. The summed E-state index contributed by atoms with van der Waals surface area (Å²) < 4.78 is 0. The zero-order valence-electron chi connectivity index (χ0n) is 14.4. The van der Waals surface area contributed by atoms with Gasteiger partial charge < -0.3 is 15.5 Å². The van der Waals surface area contributed by atoms with Crippen LogP contribution >= 0.6 is 0 Å². The van der Waals surface area contributed by atoms with Crippen LogP contribution < -0.4 is 5.73 Å². The molecule has 0 aliphatic carbocycles. The Kier molecular flexibility index (Phi) is 7.45. The highest BCUT2D eigenvalue weighted by Gasteiger charge is 2.38. The van der Waals surface area contributed by atoms with E-state index in [0.29, 0.717) is 6.04 Å². The van der Waals surface area contributed by atoms with Crippen molar-refractivity contribution in [1.29, 1.82) is 0 Å². The van der Waals surface area contributed by atoms with Gasteiger partial charge in [-0.3, -0.25) is 4.90 Å². The first-order valence-electron chi connectivity index (χ1n) is 8.29. The van der Waals surface area contributed by atoms with E-state index in [-0.39, 0.29) is 5.54 Å². The number of likely N-dealkylation sites (N-methyl/N-ethyl adjacent to an activating group) is 1. The van der Waals surface area contributed by atoms with E-state index in [2.05, 4.69) is 49.6 Å². The Morgan fingerprint density at radius 2 is 1.75 bits per heavy atom. The smallest absolute Gasteiger partial charge is 0.0355 e. The summed E-state index contributed by atoms with van der Waals surface area (Å²) in [5.74, 6) is 0. The molecule has 2 N–H and O–H groups in total. The Bertz CT molecular complexity index is 257. The molecule has 0 saturated carbocycles. The third-order valence-electron chi connectivity index (χ3n) is 4.92. The van der Waals surface area contributed by atoms with Crippen LogP contribution in [-0.4, -0.2) is 79.6 Å². The number of likely N-dealkylation sites (tertiary alicyclic amines) is 1. The Balaban J connectivity index is 2.57. The molecular formula is C16H36N4. The highest BCUT2D eigenvalue weighted by Crippen LogP contribution is 2.29. The molecule has 0 aromatic rings. The van der Waals surface area contributed by atoms with Gasteiger partial charge in [0.1, 0.15) is 0 Å². The number of nitrogens with two attached hydrogens (primary N) is 1. The summed E-state index contributed by atoms with van der Waals surface area (Å²) in [7, 11) is 4.30. The molecule has 1 rings (SSSR count). The molecule has 0 spiro atoms. The molecule has 0 unspecified atom stereocenters. The van der Waals surface area contributed by atoms with Gasteiger partial charge in [-0.05, 0) is 66.8 Å². The Morgan fingerprint density at radius 1 is 1.15 bits per heavy atom. The maximum atomic E-state index is 6.20. The molecule has 1 saturated heterocycles. The summed E-state index contributed by atoms with van der Waals surface area (Å²) >= 11 is 0. The maximum absolute atomic E-state index is 6.20. The second kappa shape index (κ2) is 8.32. The van der Waals surface area contributed by atoms with Crippen molar-refractivity contribution in [2.75, 3.05) is 53.4 Å². The highest BCUT2D eigenvalue weighted by molar-refractivity contribution is 4.96. The average molecular weight is 284 g/mol. The fourth-order valence-electron chi connectivity index (χ4n) is 3.41. The molecule has 20 heavy (non-hydrogen) atoms. The van der Waals surface area contributed by atoms with Gasteiger partial charge in [0.2, 0.25) is 0 Å². The summed E-state index contributed by atoms with van der Waals surface area (Å²) in [5, 5.41) is 0. The summed E-state index contributed by atoms with van der Waals surface area (Å²) in [6.45, 7) is 13.5. The summed E-state index contributed by atoms with van der Waals surface area (Å²) in [5.41, 5.74) is 6.44. The second-order valence-electron chi connectivity index (χ2n) is 6.79. The third-order valence-corrected chi connectivity index (χ3v) is 4.92. The van der Waals surface area contributed by atoms with E-state index in [9.17, 15) is 0 Å². The zero-order valence-corrected chi connectivity index (χ0v) is 14.4. The van der Waals surface area contributed by atoms with E-state index in [1.54, 1.807) is 0 Å². The summed E-state index contributed by atoms with van der Waals surface area (Å²) in [6.07, 6.45) is 3.67. The van der Waals surface area contributed by atoms with Crippen molar-refractivity contribution in [1.82, 2.24) is 14.7 Å². The lowest BCUT2D eigenvalue weighted by Crippen LogP contribution is -2.60. The van der Waals surface area contributed by atoms with Crippen LogP contribution in [0, 0.1) is 0 Å². The predicted molar refractivity (Wildman–Crippen MR) is 88.1 cm³/mol. The first-order chi connectivity index (χ1) is 9.45. The van der Waals surface area contributed by atoms with Crippen LogP contribution in [0.2, 0.25) is 0 Å². The molecule has 0 atom stereocenters. The molecular weight excluding hydrogens is 248 g/mol. The van der Waals surface area contributed by atoms with E-state index < -0.39 is 0 Å². The number of hydrogen-bond donors (Lipinski definition) is 1. The molecule has 120 valence electrons. The minimum absolute atomic E-state index is 0.243. The van der Waals surface area contributed by atoms with Gasteiger partial charge in [0.05, 0.1) is 0 Å². The lowest BCUT2D eigenvalue weighted by atomic mass is 9.85. The SMILES string of the molecule is CCN(CCCN(C)C)C1(CN)CCN(C(C)C)CC1. The monoisotopic (exact) mass is 284 g/mol. The van der Waals surface area contributed by atoms with Crippen molar-refractivity contribution >= 4 is 0 Å². The van der Waals surface area contributed by atoms with Crippen molar-refractivity contribution < 1.29 is 0 Å². The zero-order chi connectivity index (χ0) is 15.2. The van der Waals surface area contributed by atoms with Crippen LogP contribution in [0.25, 0.3) is 0 Å². The quantitative estimate of drug-likeness (QED) is 0.732. The third kappa shape index (κ3) is 4.69. The maximum Gasteiger partial charge on any atom is 0.0355 e. The largest absolute Gasteiger partial charge is 0.329 e. The van der Waals surface area contributed by atoms with Crippen LogP contribution in [-0.2, 0) is 0 Å². The molecule has 1 aliphatic heterocycles. The molecule has 0 aromatic heterocycles. The summed E-state index contributed by atoms with van der Waals surface area (Å²) in [6, 6.07) is 0.662. The Labute approximate surface area is 126 Å². The van der Waals surface area contributed by atoms with Gasteiger partial charge in [-0.1, -0.05) is 6.92 Å². The average Bonchev–Trinajstić information content (AvgIpc) is 2.43. The van der Waals surface area contributed by atoms with Gasteiger partial charge in [-0.15, -0.1) is 0 Å². The van der Waals surface area contributed by atoms with E-state index in [4.69, 9.17) is 5.73 Å². The lowest BCUT2D eigenvalue weighted by Gasteiger charge is -2.49. The number of rotatable bonds is 8. The van der Waals surface area contributed by atoms with Crippen molar-refractivity contribution in [3.8, 4) is 0 Å². The number of nitrogens with zero attached hydrogens (tertiary/aromatic N) is 3. The molecule has 4 heteroatoms. The normalized spacial score (nSPS) is 20.2. The minimum Gasteiger partial charge on any atom is -0.329 e. The van der Waals surface area contributed by atoms with Gasteiger partial charge >= 0.3 is 0 Å². The number of piperidine rings is 1. The fourth-order valence-corrected chi connectivity index (χ4v) is 3.41. The highest BCUT2D eigenvalue weighted by atomic mass is 15.2. The molecule has 4 nitrogen and oxygen atoms in total. The Hall–Kier alpha value is -0.160. The van der Waals surface area contributed by atoms with E-state index in [0.717, 1.165) is 19.6 Å². The first-order valence-corrected chi connectivity index (χ1v) is 8.29. The first kappa shape index (κ1) is 17.9. The van der Waals surface area contributed by atoms with Crippen LogP contribution in [0.4, 0.5) is 0 Å². The molecule has 0 amide bonds. The fraction of sp³-hybridized carbons (Fsp3) is 1.00. The van der Waals surface area contributed by atoms with E-state index >= 15 is 0 Å². The van der Waals surface area contributed by atoms with Crippen LogP contribution in [0.3, 0.4) is 0 Å². The minimum atomic E-state index is 0.243. The number of hydrogen-bond acceptors (Lipinski definition) is 4. The predicted octanol–water partition coefficient (Wildman–Crippen LogP) is 1.46. The van der Waals surface area contributed by atoms with Gasteiger partial charge in [-0.2, -0.15) is 0 Å². The topological polar surface area (TPSA) is 35.7 Å². The molecule has 1 heterocycles. The molecule has 0 aromatic carbocycles. The summed E-state index contributed by atoms with van der Waals surface area (Å²) in [4.78, 5) is 7.50. The van der Waals surface area contributed by atoms with Crippen molar-refractivity contribution in [3.63, 3.8) is 0 Å². The van der Waals surface area contributed by atoms with Crippen molar-refractivity contribution in [2.45, 2.75) is 51.6 Å². The Morgan fingerprint density at radius 3 is 2.15 bits per heavy atom. The standard InChI is InChI=1S/C16H36N4/c1-6-20(11-7-10-18(4)5)16(14-17)8-12-19(13-9-16)15(2)3/h15H,6-14,17H2,1-5H3.